The predicted molar refractivity (Wildman–Crippen MR) is 102 cm³/mol. The summed E-state index contributed by atoms with van der Waals surface area (Å²) in [5, 5.41) is 8.02. The molecule has 1 amide bonds. The zero-order chi connectivity index (χ0) is 17.2. The summed E-state index contributed by atoms with van der Waals surface area (Å²) in [5.74, 6) is 0.872. The van der Waals surface area contributed by atoms with E-state index in [0.717, 1.165) is 20.1 Å². The number of nitrogens with zero attached hydrogens (tertiary/aromatic N) is 1. The average Bonchev–Trinajstić information content (AvgIpc) is 3.04. The number of amides is 1. The Morgan fingerprint density at radius 3 is 2.72 bits per heavy atom. The molecule has 5 nitrogen and oxygen atoms in total. The van der Waals surface area contributed by atoms with E-state index in [9.17, 15) is 4.79 Å². The standard InChI is InChI=1S/C18H13BrN2O3S/c19-13-7-14(25-10-13)8-20-21-18(22)17-9-23-15-5-11-3-1-2-4-12(11)6-16(15)24-17/h1-8,10,17H,9H2,(H,21,22)/b20-8+/t17-/m1/s1. The molecule has 0 fully saturated rings. The second-order valence-electron chi connectivity index (χ2n) is 5.47. The fourth-order valence-corrected chi connectivity index (χ4v) is 3.82. The van der Waals surface area contributed by atoms with E-state index in [1.807, 2.05) is 47.8 Å². The van der Waals surface area contributed by atoms with Gasteiger partial charge in [0.15, 0.2) is 11.5 Å². The van der Waals surface area contributed by atoms with Crippen molar-refractivity contribution in [2.24, 2.45) is 5.10 Å². The number of thiophene rings is 1. The van der Waals surface area contributed by atoms with E-state index < -0.39 is 6.10 Å². The molecule has 2 heterocycles. The molecular weight excluding hydrogens is 404 g/mol. The van der Waals surface area contributed by atoms with Crippen molar-refractivity contribution in [1.29, 1.82) is 0 Å². The van der Waals surface area contributed by atoms with Crippen LogP contribution in [0.5, 0.6) is 11.5 Å². The second kappa shape index (κ2) is 6.85. The van der Waals surface area contributed by atoms with Crippen LogP contribution in [0.15, 0.2) is 57.4 Å². The maximum Gasteiger partial charge on any atom is 0.284 e. The third-order valence-corrected chi connectivity index (χ3v) is 5.35. The van der Waals surface area contributed by atoms with Crippen molar-refractivity contribution in [3.8, 4) is 11.5 Å². The fraction of sp³-hybridized carbons (Fsp3) is 0.111. The molecule has 3 aromatic rings. The summed E-state index contributed by atoms with van der Waals surface area (Å²) in [6, 6.07) is 13.7. The van der Waals surface area contributed by atoms with Gasteiger partial charge >= 0.3 is 0 Å². The second-order valence-corrected chi connectivity index (χ2v) is 7.32. The van der Waals surface area contributed by atoms with Gasteiger partial charge in [0.25, 0.3) is 5.91 Å². The number of ether oxygens (including phenoxy) is 2. The van der Waals surface area contributed by atoms with E-state index in [-0.39, 0.29) is 12.5 Å². The van der Waals surface area contributed by atoms with Gasteiger partial charge in [0.1, 0.15) is 6.61 Å². The summed E-state index contributed by atoms with van der Waals surface area (Å²) in [5.41, 5.74) is 2.49. The van der Waals surface area contributed by atoms with Crippen molar-refractivity contribution in [2.75, 3.05) is 6.61 Å². The molecule has 0 saturated heterocycles. The molecule has 4 rings (SSSR count). The molecule has 0 aliphatic carbocycles. The molecule has 1 aromatic heterocycles. The van der Waals surface area contributed by atoms with Crippen LogP contribution in [0.1, 0.15) is 4.88 Å². The van der Waals surface area contributed by atoms with Crippen LogP contribution in [0.25, 0.3) is 10.8 Å². The molecule has 2 aromatic carbocycles. The van der Waals surface area contributed by atoms with Gasteiger partial charge in [-0.25, -0.2) is 5.43 Å². The molecule has 126 valence electrons. The Morgan fingerprint density at radius 1 is 1.24 bits per heavy atom. The van der Waals surface area contributed by atoms with Crippen molar-refractivity contribution >= 4 is 50.2 Å². The summed E-state index contributed by atoms with van der Waals surface area (Å²) in [7, 11) is 0. The average molecular weight is 417 g/mol. The number of hydrogen-bond donors (Lipinski definition) is 1. The van der Waals surface area contributed by atoms with Crippen LogP contribution >= 0.6 is 27.3 Å². The van der Waals surface area contributed by atoms with E-state index in [4.69, 9.17) is 9.47 Å². The van der Waals surface area contributed by atoms with E-state index in [1.54, 1.807) is 6.21 Å². The normalized spacial score (nSPS) is 16.3. The first-order valence-corrected chi connectivity index (χ1v) is 9.25. The third kappa shape index (κ3) is 3.52. The maximum atomic E-state index is 12.2. The minimum absolute atomic E-state index is 0.150. The monoisotopic (exact) mass is 416 g/mol. The largest absolute Gasteiger partial charge is 0.485 e. The lowest BCUT2D eigenvalue weighted by Gasteiger charge is -2.25. The van der Waals surface area contributed by atoms with Gasteiger partial charge in [-0.15, -0.1) is 11.3 Å². The number of fused-ring (bicyclic) bond motifs is 2. The molecule has 1 atom stereocenters. The molecule has 0 spiro atoms. The Labute approximate surface area is 156 Å². The Balaban J connectivity index is 1.45. The van der Waals surface area contributed by atoms with E-state index in [1.165, 1.54) is 11.3 Å². The number of carbonyl (C=O) groups is 1. The molecule has 1 N–H and O–H groups in total. The summed E-state index contributed by atoms with van der Waals surface area (Å²) in [6.45, 7) is 0.150. The van der Waals surface area contributed by atoms with Gasteiger partial charge in [-0.1, -0.05) is 24.3 Å². The number of rotatable bonds is 3. The van der Waals surface area contributed by atoms with Crippen LogP contribution in [-0.4, -0.2) is 24.8 Å². The van der Waals surface area contributed by atoms with Gasteiger partial charge in [0, 0.05) is 14.7 Å². The van der Waals surface area contributed by atoms with Crippen LogP contribution in [0, 0.1) is 0 Å². The zero-order valence-electron chi connectivity index (χ0n) is 12.9. The van der Waals surface area contributed by atoms with E-state index in [0.29, 0.717) is 11.5 Å². The van der Waals surface area contributed by atoms with Crippen LogP contribution < -0.4 is 14.9 Å². The van der Waals surface area contributed by atoms with Crippen molar-refractivity contribution < 1.29 is 14.3 Å². The predicted octanol–water partition coefficient (Wildman–Crippen LogP) is 3.95. The molecule has 0 saturated carbocycles. The van der Waals surface area contributed by atoms with Gasteiger partial charge < -0.3 is 9.47 Å². The summed E-state index contributed by atoms with van der Waals surface area (Å²) < 4.78 is 12.5. The number of carbonyl (C=O) groups excluding carboxylic acids is 1. The number of nitrogens with one attached hydrogen (secondary N) is 1. The number of hydrogen-bond acceptors (Lipinski definition) is 5. The van der Waals surface area contributed by atoms with Gasteiger partial charge in [0.2, 0.25) is 6.10 Å². The van der Waals surface area contributed by atoms with Gasteiger partial charge in [-0.3, -0.25) is 4.79 Å². The smallest absolute Gasteiger partial charge is 0.284 e. The lowest BCUT2D eigenvalue weighted by Crippen LogP contribution is -2.42. The Bertz CT molecular complexity index is 970. The van der Waals surface area contributed by atoms with Crippen LogP contribution in [0.2, 0.25) is 0 Å². The Hall–Kier alpha value is -2.38. The number of hydrazone groups is 1. The Kier molecular flexibility index (Phi) is 4.42. The van der Waals surface area contributed by atoms with Crippen LogP contribution in [0.3, 0.4) is 0 Å². The summed E-state index contributed by atoms with van der Waals surface area (Å²) in [4.78, 5) is 13.2. The molecular formula is C18H13BrN2O3S. The Morgan fingerprint density at radius 2 is 2.00 bits per heavy atom. The van der Waals surface area contributed by atoms with Crippen molar-refractivity contribution in [3.05, 3.63) is 57.2 Å². The zero-order valence-corrected chi connectivity index (χ0v) is 15.3. The third-order valence-electron chi connectivity index (χ3n) is 3.72. The first-order valence-electron chi connectivity index (χ1n) is 7.58. The van der Waals surface area contributed by atoms with Crippen molar-refractivity contribution in [3.63, 3.8) is 0 Å². The highest BCUT2D eigenvalue weighted by atomic mass is 79.9. The van der Waals surface area contributed by atoms with Crippen molar-refractivity contribution in [2.45, 2.75) is 6.10 Å². The summed E-state index contributed by atoms with van der Waals surface area (Å²) >= 11 is 4.90. The first-order chi connectivity index (χ1) is 12.2. The molecule has 0 unspecified atom stereocenters. The van der Waals surface area contributed by atoms with Gasteiger partial charge in [-0.05, 0) is 44.9 Å². The molecule has 1 aliphatic rings. The number of benzene rings is 2. The van der Waals surface area contributed by atoms with Crippen LogP contribution in [0.4, 0.5) is 0 Å². The minimum Gasteiger partial charge on any atom is -0.485 e. The topological polar surface area (TPSA) is 59.9 Å². The summed E-state index contributed by atoms with van der Waals surface area (Å²) in [6.07, 6.45) is 0.860. The highest BCUT2D eigenvalue weighted by molar-refractivity contribution is 9.10. The van der Waals surface area contributed by atoms with Crippen molar-refractivity contribution in [1.82, 2.24) is 5.43 Å². The molecule has 1 aliphatic heterocycles. The highest BCUT2D eigenvalue weighted by Crippen LogP contribution is 2.35. The van der Waals surface area contributed by atoms with Gasteiger partial charge in [0.05, 0.1) is 6.21 Å². The van der Waals surface area contributed by atoms with E-state index in [2.05, 4.69) is 26.5 Å². The lowest BCUT2D eigenvalue weighted by molar-refractivity contribution is -0.130. The number of halogens is 1. The molecule has 7 heteroatoms. The lowest BCUT2D eigenvalue weighted by atomic mass is 10.1. The molecule has 0 bridgehead atoms. The minimum atomic E-state index is -0.735. The molecule has 0 radical (unpaired) electrons. The SMILES string of the molecule is O=C(N/N=C/c1cc(Br)cs1)[C@H]1COc2cc3ccccc3cc2O1. The van der Waals surface area contributed by atoms with Crippen LogP contribution in [-0.2, 0) is 4.79 Å². The first kappa shape index (κ1) is 16.1. The van der Waals surface area contributed by atoms with E-state index >= 15 is 0 Å². The maximum absolute atomic E-state index is 12.2. The molecule has 25 heavy (non-hydrogen) atoms. The fourth-order valence-electron chi connectivity index (χ4n) is 2.51. The van der Waals surface area contributed by atoms with Gasteiger partial charge in [-0.2, -0.15) is 5.10 Å². The highest BCUT2D eigenvalue weighted by Gasteiger charge is 2.27. The quantitative estimate of drug-likeness (QED) is 0.519.